The Morgan fingerprint density at radius 3 is 2.56 bits per heavy atom. The number of aliphatic hydroxyl groups excluding tert-OH is 2. The monoisotopic (exact) mass is 128 g/mol. The lowest BCUT2D eigenvalue weighted by Gasteiger charge is -1.93. The Morgan fingerprint density at radius 2 is 2.11 bits per heavy atom. The van der Waals surface area contributed by atoms with Gasteiger partial charge in [0, 0.05) is 0 Å². The van der Waals surface area contributed by atoms with Crippen LogP contribution in [0.25, 0.3) is 0 Å². The standard InChI is InChI=1S/C7H12O2/c1-2-4-7(9)5-3-6-8/h2-5,7-9H,6H2,1H3. The van der Waals surface area contributed by atoms with Gasteiger partial charge in [-0.2, -0.15) is 0 Å². The lowest BCUT2D eigenvalue weighted by molar-refractivity contribution is 0.268. The van der Waals surface area contributed by atoms with Crippen molar-refractivity contribution in [3.05, 3.63) is 24.3 Å². The highest BCUT2D eigenvalue weighted by molar-refractivity contribution is 5.00. The van der Waals surface area contributed by atoms with Crippen molar-refractivity contribution in [3.63, 3.8) is 0 Å². The van der Waals surface area contributed by atoms with Crippen LogP contribution in [0.1, 0.15) is 6.92 Å². The van der Waals surface area contributed by atoms with Crippen molar-refractivity contribution in [1.29, 1.82) is 0 Å². The van der Waals surface area contributed by atoms with Gasteiger partial charge in [0.25, 0.3) is 0 Å². The van der Waals surface area contributed by atoms with E-state index >= 15 is 0 Å². The van der Waals surface area contributed by atoms with Crippen LogP contribution in [0, 0.1) is 0 Å². The van der Waals surface area contributed by atoms with E-state index in [9.17, 15) is 0 Å². The molecule has 0 fully saturated rings. The normalized spacial score (nSPS) is 15.4. The summed E-state index contributed by atoms with van der Waals surface area (Å²) in [6, 6.07) is 0. The fraction of sp³-hybridized carbons (Fsp3) is 0.429. The van der Waals surface area contributed by atoms with Crippen LogP contribution < -0.4 is 0 Å². The molecule has 0 amide bonds. The molecule has 0 spiro atoms. The zero-order valence-electron chi connectivity index (χ0n) is 5.49. The van der Waals surface area contributed by atoms with E-state index in [-0.39, 0.29) is 6.61 Å². The van der Waals surface area contributed by atoms with Gasteiger partial charge in [0.15, 0.2) is 0 Å². The van der Waals surface area contributed by atoms with Gasteiger partial charge < -0.3 is 10.2 Å². The molecule has 0 aromatic heterocycles. The van der Waals surface area contributed by atoms with Crippen LogP contribution >= 0.6 is 0 Å². The molecule has 2 nitrogen and oxygen atoms in total. The van der Waals surface area contributed by atoms with Gasteiger partial charge in [-0.25, -0.2) is 0 Å². The first kappa shape index (κ1) is 8.40. The van der Waals surface area contributed by atoms with Crippen molar-refractivity contribution < 1.29 is 10.2 Å². The predicted molar refractivity (Wildman–Crippen MR) is 37.0 cm³/mol. The molecule has 1 atom stereocenters. The lowest BCUT2D eigenvalue weighted by Crippen LogP contribution is -1.95. The van der Waals surface area contributed by atoms with Crippen molar-refractivity contribution >= 4 is 0 Å². The molecule has 0 aliphatic carbocycles. The lowest BCUT2D eigenvalue weighted by atomic mass is 10.3. The average Bonchev–Trinajstić information content (AvgIpc) is 1.85. The van der Waals surface area contributed by atoms with Gasteiger partial charge in [-0.1, -0.05) is 24.3 Å². The fourth-order valence-corrected chi connectivity index (χ4v) is 0.462. The van der Waals surface area contributed by atoms with E-state index in [4.69, 9.17) is 10.2 Å². The number of hydrogen-bond donors (Lipinski definition) is 2. The first-order chi connectivity index (χ1) is 4.31. The zero-order chi connectivity index (χ0) is 7.11. The maximum atomic E-state index is 8.90. The molecule has 0 rings (SSSR count). The minimum atomic E-state index is -0.554. The molecule has 0 aromatic carbocycles. The topological polar surface area (TPSA) is 40.5 Å². The Balaban J connectivity index is 3.48. The molecule has 0 saturated carbocycles. The van der Waals surface area contributed by atoms with Crippen molar-refractivity contribution in [3.8, 4) is 0 Å². The summed E-state index contributed by atoms with van der Waals surface area (Å²) in [7, 11) is 0. The Labute approximate surface area is 55.1 Å². The van der Waals surface area contributed by atoms with E-state index in [1.807, 2.05) is 6.92 Å². The van der Waals surface area contributed by atoms with Crippen LogP contribution in [0.4, 0.5) is 0 Å². The summed E-state index contributed by atoms with van der Waals surface area (Å²) < 4.78 is 0. The van der Waals surface area contributed by atoms with Crippen LogP contribution in [-0.2, 0) is 0 Å². The molecule has 1 unspecified atom stereocenters. The predicted octanol–water partition coefficient (Wildman–Crippen LogP) is 0.472. The molecule has 0 saturated heterocycles. The molecule has 52 valence electrons. The number of aliphatic hydroxyl groups is 2. The Kier molecular flexibility index (Phi) is 5.17. The van der Waals surface area contributed by atoms with Crippen molar-refractivity contribution in [2.75, 3.05) is 6.61 Å². The SMILES string of the molecule is CC=CC(O)C=CCO. The van der Waals surface area contributed by atoms with E-state index in [2.05, 4.69) is 0 Å². The van der Waals surface area contributed by atoms with Gasteiger partial charge in [0.2, 0.25) is 0 Å². The van der Waals surface area contributed by atoms with E-state index in [0.717, 1.165) is 0 Å². The third-order valence-electron chi connectivity index (χ3n) is 0.828. The third kappa shape index (κ3) is 5.27. The first-order valence-corrected chi connectivity index (χ1v) is 2.89. The Hall–Kier alpha value is -0.600. The third-order valence-corrected chi connectivity index (χ3v) is 0.828. The van der Waals surface area contributed by atoms with Gasteiger partial charge >= 0.3 is 0 Å². The molecular formula is C7H12O2. The highest BCUT2D eigenvalue weighted by Crippen LogP contribution is 1.86. The highest BCUT2D eigenvalue weighted by Gasteiger charge is 1.86. The number of hydrogen-bond acceptors (Lipinski definition) is 2. The van der Waals surface area contributed by atoms with Gasteiger partial charge in [0.1, 0.15) is 0 Å². The maximum Gasteiger partial charge on any atom is 0.0903 e. The second-order valence-corrected chi connectivity index (χ2v) is 1.63. The van der Waals surface area contributed by atoms with Crippen LogP contribution in [0.3, 0.4) is 0 Å². The summed E-state index contributed by atoms with van der Waals surface area (Å²) in [5, 5.41) is 17.2. The number of rotatable bonds is 3. The first-order valence-electron chi connectivity index (χ1n) is 2.89. The van der Waals surface area contributed by atoms with Gasteiger partial charge in [-0.3, -0.25) is 0 Å². The molecule has 2 heteroatoms. The van der Waals surface area contributed by atoms with Gasteiger partial charge in [-0.05, 0) is 6.92 Å². The molecule has 0 radical (unpaired) electrons. The van der Waals surface area contributed by atoms with Crippen LogP contribution in [0.2, 0.25) is 0 Å². The van der Waals surface area contributed by atoms with E-state index in [1.54, 1.807) is 12.2 Å². The molecule has 2 N–H and O–H groups in total. The minimum Gasteiger partial charge on any atom is -0.392 e. The highest BCUT2D eigenvalue weighted by atomic mass is 16.3. The molecule has 9 heavy (non-hydrogen) atoms. The maximum absolute atomic E-state index is 8.90. The van der Waals surface area contributed by atoms with Crippen molar-refractivity contribution in [2.24, 2.45) is 0 Å². The molecule has 0 aromatic rings. The van der Waals surface area contributed by atoms with E-state index in [1.165, 1.54) is 12.2 Å². The second kappa shape index (κ2) is 5.54. The quantitative estimate of drug-likeness (QED) is 0.542. The molecule has 0 aliphatic rings. The fourth-order valence-electron chi connectivity index (χ4n) is 0.462. The largest absolute Gasteiger partial charge is 0.392 e. The van der Waals surface area contributed by atoms with Crippen LogP contribution in [0.15, 0.2) is 24.3 Å². The summed E-state index contributed by atoms with van der Waals surface area (Å²) in [6.45, 7) is 1.81. The van der Waals surface area contributed by atoms with E-state index in [0.29, 0.717) is 0 Å². The molecule has 0 bridgehead atoms. The summed E-state index contributed by atoms with van der Waals surface area (Å²) in [5.74, 6) is 0. The molecule has 0 heterocycles. The van der Waals surface area contributed by atoms with Gasteiger partial charge in [0.05, 0.1) is 12.7 Å². The molecular weight excluding hydrogens is 116 g/mol. The number of allylic oxidation sites excluding steroid dienone is 1. The zero-order valence-corrected chi connectivity index (χ0v) is 5.49. The van der Waals surface area contributed by atoms with Crippen LogP contribution in [0.5, 0.6) is 0 Å². The smallest absolute Gasteiger partial charge is 0.0903 e. The second-order valence-electron chi connectivity index (χ2n) is 1.63. The Bertz CT molecular complexity index is 105. The van der Waals surface area contributed by atoms with Crippen molar-refractivity contribution in [2.45, 2.75) is 13.0 Å². The summed E-state index contributed by atoms with van der Waals surface area (Å²) in [4.78, 5) is 0. The van der Waals surface area contributed by atoms with E-state index < -0.39 is 6.10 Å². The average molecular weight is 128 g/mol. The Morgan fingerprint density at radius 1 is 1.44 bits per heavy atom. The van der Waals surface area contributed by atoms with Crippen molar-refractivity contribution in [1.82, 2.24) is 0 Å². The summed E-state index contributed by atoms with van der Waals surface area (Å²) in [6.07, 6.45) is 5.87. The van der Waals surface area contributed by atoms with Crippen LogP contribution in [-0.4, -0.2) is 22.9 Å². The summed E-state index contributed by atoms with van der Waals surface area (Å²) in [5.41, 5.74) is 0. The molecule has 0 aliphatic heterocycles. The summed E-state index contributed by atoms with van der Waals surface area (Å²) >= 11 is 0. The minimum absolute atomic E-state index is 0.0192. The van der Waals surface area contributed by atoms with Gasteiger partial charge in [-0.15, -0.1) is 0 Å².